The van der Waals surface area contributed by atoms with E-state index in [1.807, 2.05) is 20.8 Å². The first kappa shape index (κ1) is 12.7. The zero-order chi connectivity index (χ0) is 12.4. The van der Waals surface area contributed by atoms with Crippen LogP contribution in [0.5, 0.6) is 5.75 Å². The molecule has 0 aliphatic carbocycles. The Hall–Kier alpha value is -1.39. The molecule has 0 spiro atoms. The molecular formula is C11H13F3NO. The highest BCUT2D eigenvalue weighted by atomic mass is 19.4. The summed E-state index contributed by atoms with van der Waals surface area (Å²) in [4.78, 5) is 0. The molecule has 1 radical (unpaired) electrons. The summed E-state index contributed by atoms with van der Waals surface area (Å²) in [5, 5.41) is 4.29. The van der Waals surface area contributed by atoms with E-state index >= 15 is 0 Å². The van der Waals surface area contributed by atoms with Crippen LogP contribution in [0, 0.1) is 0 Å². The minimum Gasteiger partial charge on any atom is -0.406 e. The van der Waals surface area contributed by atoms with Crippen LogP contribution in [0.1, 0.15) is 20.8 Å². The van der Waals surface area contributed by atoms with Crippen molar-refractivity contribution in [1.82, 2.24) is 5.32 Å². The maximum absolute atomic E-state index is 11.9. The van der Waals surface area contributed by atoms with Crippen LogP contribution >= 0.6 is 0 Å². The average Bonchev–Trinajstić information content (AvgIpc) is 2.03. The van der Waals surface area contributed by atoms with Crippen molar-refractivity contribution in [3.63, 3.8) is 0 Å². The van der Waals surface area contributed by atoms with Crippen LogP contribution in [0.2, 0.25) is 0 Å². The Kier molecular flexibility index (Phi) is 3.35. The molecule has 16 heavy (non-hydrogen) atoms. The second-order valence-electron chi connectivity index (χ2n) is 4.32. The standard InChI is InChI=1S/C11H13F3NO/c1-10(2,3)15-8-4-6-9(7-5-8)16-11(12,13)14/h4-7H,1-3H3. The fourth-order valence-corrected chi connectivity index (χ4v) is 1.11. The molecule has 0 atom stereocenters. The zero-order valence-corrected chi connectivity index (χ0v) is 9.30. The molecule has 0 saturated carbocycles. The molecule has 0 N–H and O–H groups in total. The maximum atomic E-state index is 11.9. The molecule has 0 heterocycles. The van der Waals surface area contributed by atoms with Gasteiger partial charge in [-0.3, -0.25) is 5.32 Å². The van der Waals surface area contributed by atoms with Crippen molar-refractivity contribution in [2.24, 2.45) is 0 Å². The minimum atomic E-state index is -4.65. The Morgan fingerprint density at radius 3 is 1.88 bits per heavy atom. The molecule has 0 unspecified atom stereocenters. The second kappa shape index (κ2) is 4.23. The van der Waals surface area contributed by atoms with Gasteiger partial charge in [0.05, 0.1) is 11.2 Å². The summed E-state index contributed by atoms with van der Waals surface area (Å²) in [7, 11) is 0. The predicted molar refractivity (Wildman–Crippen MR) is 54.7 cm³/mol. The number of ether oxygens (including phenoxy) is 1. The van der Waals surface area contributed by atoms with Crippen molar-refractivity contribution in [3.8, 4) is 5.75 Å². The molecule has 1 rings (SSSR count). The number of rotatable bonds is 2. The molecule has 89 valence electrons. The Bertz CT molecular complexity index is 303. The third-order valence-corrected chi connectivity index (χ3v) is 1.53. The normalized spacial score (nSPS) is 12.4. The lowest BCUT2D eigenvalue weighted by Crippen LogP contribution is -2.24. The van der Waals surface area contributed by atoms with E-state index in [0.29, 0.717) is 5.69 Å². The van der Waals surface area contributed by atoms with Crippen molar-refractivity contribution >= 4 is 5.69 Å². The number of halogens is 3. The Morgan fingerprint density at radius 2 is 1.50 bits per heavy atom. The van der Waals surface area contributed by atoms with Gasteiger partial charge >= 0.3 is 6.36 Å². The summed E-state index contributed by atoms with van der Waals surface area (Å²) in [6.07, 6.45) is -4.65. The van der Waals surface area contributed by atoms with Crippen LogP contribution < -0.4 is 10.1 Å². The third kappa shape index (κ3) is 4.91. The van der Waals surface area contributed by atoms with Gasteiger partial charge in [0.1, 0.15) is 5.75 Å². The van der Waals surface area contributed by atoms with Gasteiger partial charge in [-0.15, -0.1) is 13.2 Å². The highest BCUT2D eigenvalue weighted by Crippen LogP contribution is 2.24. The van der Waals surface area contributed by atoms with Crippen LogP contribution in [-0.4, -0.2) is 11.9 Å². The first-order valence-electron chi connectivity index (χ1n) is 4.74. The summed E-state index contributed by atoms with van der Waals surface area (Å²) in [5.74, 6) is -0.236. The predicted octanol–water partition coefficient (Wildman–Crippen LogP) is 3.62. The van der Waals surface area contributed by atoms with Crippen LogP contribution in [0.3, 0.4) is 0 Å². The summed E-state index contributed by atoms with van der Waals surface area (Å²) in [6.45, 7) is 5.73. The lowest BCUT2D eigenvalue weighted by Gasteiger charge is -2.18. The van der Waals surface area contributed by atoms with Crippen molar-refractivity contribution in [2.45, 2.75) is 32.7 Å². The SMILES string of the molecule is CC(C)(C)[N]c1ccc(OC(F)(F)F)cc1. The molecule has 0 aliphatic heterocycles. The molecule has 5 heteroatoms. The Balaban J connectivity index is 2.69. The van der Waals surface area contributed by atoms with Gasteiger partial charge in [-0.25, -0.2) is 0 Å². The molecule has 1 aromatic rings. The third-order valence-electron chi connectivity index (χ3n) is 1.53. The van der Waals surface area contributed by atoms with Gasteiger partial charge in [0.15, 0.2) is 0 Å². The molecule has 2 nitrogen and oxygen atoms in total. The second-order valence-corrected chi connectivity index (χ2v) is 4.32. The van der Waals surface area contributed by atoms with Crippen molar-refractivity contribution in [3.05, 3.63) is 24.3 Å². The number of alkyl halides is 3. The first-order valence-corrected chi connectivity index (χ1v) is 4.74. The molecule has 0 saturated heterocycles. The van der Waals surface area contributed by atoms with E-state index < -0.39 is 6.36 Å². The molecular weight excluding hydrogens is 219 g/mol. The molecule has 0 aliphatic rings. The zero-order valence-electron chi connectivity index (χ0n) is 9.30. The van der Waals surface area contributed by atoms with Crippen LogP contribution in [0.15, 0.2) is 24.3 Å². The molecule has 0 aromatic heterocycles. The van der Waals surface area contributed by atoms with Gasteiger partial charge in [0.25, 0.3) is 0 Å². The largest absolute Gasteiger partial charge is 0.573 e. The highest BCUT2D eigenvalue weighted by molar-refractivity contribution is 5.41. The van der Waals surface area contributed by atoms with E-state index in [1.165, 1.54) is 24.3 Å². The number of nitrogens with zero attached hydrogens (tertiary/aromatic N) is 1. The van der Waals surface area contributed by atoms with E-state index in [4.69, 9.17) is 0 Å². The van der Waals surface area contributed by atoms with E-state index in [-0.39, 0.29) is 11.3 Å². The highest BCUT2D eigenvalue weighted by Gasteiger charge is 2.31. The van der Waals surface area contributed by atoms with Gasteiger partial charge in [-0.05, 0) is 45.0 Å². The van der Waals surface area contributed by atoms with Gasteiger partial charge in [0.2, 0.25) is 0 Å². The van der Waals surface area contributed by atoms with E-state index in [2.05, 4.69) is 10.1 Å². The van der Waals surface area contributed by atoms with E-state index in [9.17, 15) is 13.2 Å². The number of hydrogen-bond donors (Lipinski definition) is 0. The Morgan fingerprint density at radius 1 is 1.00 bits per heavy atom. The van der Waals surface area contributed by atoms with Crippen molar-refractivity contribution < 1.29 is 17.9 Å². The quantitative estimate of drug-likeness (QED) is 0.763. The first-order chi connectivity index (χ1) is 7.16. The minimum absolute atomic E-state index is 0.236. The smallest absolute Gasteiger partial charge is 0.406 e. The number of benzene rings is 1. The Labute approximate surface area is 92.4 Å². The van der Waals surface area contributed by atoms with Crippen LogP contribution in [-0.2, 0) is 0 Å². The monoisotopic (exact) mass is 232 g/mol. The summed E-state index contributed by atoms with van der Waals surface area (Å²) in [6, 6.07) is 5.48. The van der Waals surface area contributed by atoms with E-state index in [0.717, 1.165) is 0 Å². The fourth-order valence-electron chi connectivity index (χ4n) is 1.11. The van der Waals surface area contributed by atoms with Gasteiger partial charge < -0.3 is 4.74 Å². The van der Waals surface area contributed by atoms with E-state index in [1.54, 1.807) is 0 Å². The molecule has 0 amide bonds. The number of hydrogen-bond acceptors (Lipinski definition) is 1. The molecule has 0 bridgehead atoms. The van der Waals surface area contributed by atoms with Crippen molar-refractivity contribution in [2.75, 3.05) is 0 Å². The lowest BCUT2D eigenvalue weighted by molar-refractivity contribution is -0.274. The fraction of sp³-hybridized carbons (Fsp3) is 0.455. The molecule has 0 fully saturated rings. The summed E-state index contributed by atoms with van der Waals surface area (Å²) >= 11 is 0. The lowest BCUT2D eigenvalue weighted by atomic mass is 10.1. The summed E-state index contributed by atoms with van der Waals surface area (Å²) < 4.78 is 39.3. The summed E-state index contributed by atoms with van der Waals surface area (Å²) in [5.41, 5.74) is 0.369. The van der Waals surface area contributed by atoms with Crippen LogP contribution in [0.4, 0.5) is 18.9 Å². The molecule has 1 aromatic carbocycles. The van der Waals surface area contributed by atoms with Gasteiger partial charge in [0, 0.05) is 0 Å². The van der Waals surface area contributed by atoms with Gasteiger partial charge in [-0.1, -0.05) is 0 Å². The maximum Gasteiger partial charge on any atom is 0.573 e. The topological polar surface area (TPSA) is 23.3 Å². The van der Waals surface area contributed by atoms with Crippen molar-refractivity contribution in [1.29, 1.82) is 0 Å². The average molecular weight is 232 g/mol. The van der Waals surface area contributed by atoms with Gasteiger partial charge in [-0.2, -0.15) is 0 Å². The van der Waals surface area contributed by atoms with Crippen LogP contribution in [0.25, 0.3) is 0 Å².